The molecule has 0 saturated heterocycles. The highest BCUT2D eigenvalue weighted by Crippen LogP contribution is 2.28. The van der Waals surface area contributed by atoms with Crippen molar-refractivity contribution in [1.29, 1.82) is 0 Å². The molecule has 1 unspecified atom stereocenters. The van der Waals surface area contributed by atoms with Crippen LogP contribution in [0.1, 0.15) is 30.2 Å². The Labute approximate surface area is 181 Å². The molecule has 7 nitrogen and oxygen atoms in total. The molecule has 2 N–H and O–H groups in total. The van der Waals surface area contributed by atoms with Crippen molar-refractivity contribution in [3.05, 3.63) is 71.5 Å². The molecule has 1 aliphatic rings. The van der Waals surface area contributed by atoms with E-state index in [-0.39, 0.29) is 11.8 Å². The summed E-state index contributed by atoms with van der Waals surface area (Å²) in [7, 11) is 0. The zero-order valence-corrected chi connectivity index (χ0v) is 17.7. The summed E-state index contributed by atoms with van der Waals surface area (Å²) in [6, 6.07) is 17.0. The normalized spacial score (nSPS) is 13.5. The summed E-state index contributed by atoms with van der Waals surface area (Å²) >= 11 is 0. The number of aromatic nitrogens is 1. The summed E-state index contributed by atoms with van der Waals surface area (Å²) in [5.74, 6) is 0.959. The van der Waals surface area contributed by atoms with E-state index in [4.69, 9.17) is 4.52 Å². The molecule has 1 atom stereocenters. The summed E-state index contributed by atoms with van der Waals surface area (Å²) in [4.78, 5) is 27.2. The lowest BCUT2D eigenvalue weighted by Crippen LogP contribution is -2.34. The lowest BCUT2D eigenvalue weighted by Gasteiger charge is -2.18. The SMILES string of the molecule is CCC(Nc1ccc(CC(=O)N2CCc3ccccc32)cc1)C(=O)Nc1cc(C)on1. The number of anilines is 3. The Hall–Kier alpha value is -3.61. The third-order valence-electron chi connectivity index (χ3n) is 5.44. The van der Waals surface area contributed by atoms with Crippen LogP contribution >= 0.6 is 0 Å². The zero-order valence-electron chi connectivity index (χ0n) is 17.7. The van der Waals surface area contributed by atoms with Crippen molar-refractivity contribution >= 4 is 29.0 Å². The topological polar surface area (TPSA) is 87.5 Å². The number of nitrogens with one attached hydrogen (secondary N) is 2. The molecule has 0 bridgehead atoms. The molecule has 1 aliphatic heterocycles. The lowest BCUT2D eigenvalue weighted by molar-refractivity contribution is -0.118. The number of aryl methyl sites for hydroxylation is 1. The molecular weight excluding hydrogens is 392 g/mol. The Morgan fingerprint density at radius 1 is 1.16 bits per heavy atom. The Balaban J connectivity index is 1.35. The Kier molecular flexibility index (Phi) is 6.02. The Bertz CT molecular complexity index is 1070. The molecular formula is C24H26N4O3. The smallest absolute Gasteiger partial charge is 0.248 e. The maximum atomic E-state index is 12.8. The first kappa shape index (κ1) is 20.7. The molecule has 0 fully saturated rings. The number of nitrogens with zero attached hydrogens (tertiary/aromatic N) is 2. The number of amides is 2. The fraction of sp³-hybridized carbons (Fsp3) is 0.292. The first-order valence-electron chi connectivity index (χ1n) is 10.5. The second kappa shape index (κ2) is 9.04. The van der Waals surface area contributed by atoms with Crippen molar-refractivity contribution in [3.63, 3.8) is 0 Å². The highest BCUT2D eigenvalue weighted by atomic mass is 16.5. The van der Waals surface area contributed by atoms with Crippen LogP contribution in [-0.2, 0) is 22.4 Å². The summed E-state index contributed by atoms with van der Waals surface area (Å²) in [5.41, 5.74) is 4.00. The van der Waals surface area contributed by atoms with Gasteiger partial charge in [0.25, 0.3) is 0 Å². The second-order valence-corrected chi connectivity index (χ2v) is 7.72. The van der Waals surface area contributed by atoms with Crippen molar-refractivity contribution in [2.75, 3.05) is 22.1 Å². The van der Waals surface area contributed by atoms with Gasteiger partial charge in [-0.2, -0.15) is 0 Å². The third kappa shape index (κ3) is 4.77. The van der Waals surface area contributed by atoms with Crippen LogP contribution in [0.3, 0.4) is 0 Å². The van der Waals surface area contributed by atoms with Crippen molar-refractivity contribution in [2.24, 2.45) is 0 Å². The van der Waals surface area contributed by atoms with E-state index in [0.29, 0.717) is 24.4 Å². The zero-order chi connectivity index (χ0) is 21.8. The molecule has 1 aromatic heterocycles. The van der Waals surface area contributed by atoms with Crippen molar-refractivity contribution in [3.8, 4) is 0 Å². The molecule has 0 spiro atoms. The minimum atomic E-state index is -0.411. The van der Waals surface area contributed by atoms with Crippen LogP contribution in [0, 0.1) is 6.92 Å². The maximum absolute atomic E-state index is 12.8. The number of carbonyl (C=O) groups excluding carboxylic acids is 2. The first-order valence-corrected chi connectivity index (χ1v) is 10.5. The molecule has 160 valence electrons. The van der Waals surface area contributed by atoms with Gasteiger partial charge in [0, 0.05) is 24.0 Å². The standard InChI is InChI=1S/C24H26N4O3/c1-3-20(24(30)26-22-14-16(2)31-27-22)25-19-10-8-17(9-11-19)15-23(29)28-13-12-18-6-4-5-7-21(18)28/h4-11,14,20,25H,3,12-13,15H2,1-2H3,(H,26,27,30). The van der Waals surface area contributed by atoms with Crippen molar-refractivity contribution in [2.45, 2.75) is 39.2 Å². The highest BCUT2D eigenvalue weighted by molar-refractivity contribution is 5.97. The van der Waals surface area contributed by atoms with E-state index in [1.807, 2.05) is 54.3 Å². The predicted octanol–water partition coefficient (Wildman–Crippen LogP) is 3.94. The van der Waals surface area contributed by atoms with E-state index in [2.05, 4.69) is 21.9 Å². The summed E-state index contributed by atoms with van der Waals surface area (Å²) < 4.78 is 4.98. The van der Waals surface area contributed by atoms with Crippen LogP contribution in [0.25, 0.3) is 0 Å². The summed E-state index contributed by atoms with van der Waals surface area (Å²) in [6.45, 7) is 4.44. The monoisotopic (exact) mass is 418 g/mol. The van der Waals surface area contributed by atoms with Crippen molar-refractivity contribution in [1.82, 2.24) is 5.16 Å². The first-order chi connectivity index (χ1) is 15.0. The van der Waals surface area contributed by atoms with Crippen LogP contribution in [0.4, 0.5) is 17.2 Å². The Morgan fingerprint density at radius 2 is 1.94 bits per heavy atom. The van der Waals surface area contributed by atoms with E-state index < -0.39 is 6.04 Å². The molecule has 7 heteroatoms. The largest absolute Gasteiger partial charge is 0.374 e. The van der Waals surface area contributed by atoms with Crippen LogP contribution < -0.4 is 15.5 Å². The molecule has 0 aliphatic carbocycles. The van der Waals surface area contributed by atoms with Gasteiger partial charge in [-0.25, -0.2) is 0 Å². The van der Waals surface area contributed by atoms with Gasteiger partial charge in [0.1, 0.15) is 11.8 Å². The molecule has 0 saturated carbocycles. The van der Waals surface area contributed by atoms with E-state index in [1.54, 1.807) is 13.0 Å². The van der Waals surface area contributed by atoms with Crippen LogP contribution in [0.5, 0.6) is 0 Å². The van der Waals surface area contributed by atoms with Crippen molar-refractivity contribution < 1.29 is 14.1 Å². The van der Waals surface area contributed by atoms with Gasteiger partial charge in [-0.3, -0.25) is 9.59 Å². The lowest BCUT2D eigenvalue weighted by atomic mass is 10.1. The van der Waals surface area contributed by atoms with Gasteiger partial charge < -0.3 is 20.1 Å². The van der Waals surface area contributed by atoms with Gasteiger partial charge in [0.05, 0.1) is 6.42 Å². The second-order valence-electron chi connectivity index (χ2n) is 7.72. The third-order valence-corrected chi connectivity index (χ3v) is 5.44. The van der Waals surface area contributed by atoms with E-state index in [9.17, 15) is 9.59 Å². The molecule has 31 heavy (non-hydrogen) atoms. The number of fused-ring (bicyclic) bond motifs is 1. The highest BCUT2D eigenvalue weighted by Gasteiger charge is 2.24. The fourth-order valence-corrected chi connectivity index (χ4v) is 3.78. The Morgan fingerprint density at radius 3 is 2.65 bits per heavy atom. The summed E-state index contributed by atoms with van der Waals surface area (Å²) in [5, 5.41) is 9.79. The molecule has 2 heterocycles. The van der Waals surface area contributed by atoms with E-state index in [1.165, 1.54) is 5.56 Å². The number of carbonyl (C=O) groups is 2. The number of benzene rings is 2. The van der Waals surface area contributed by atoms with Gasteiger partial charge in [-0.1, -0.05) is 42.4 Å². The molecule has 3 aromatic rings. The van der Waals surface area contributed by atoms with E-state index >= 15 is 0 Å². The molecule has 0 radical (unpaired) electrons. The molecule has 2 aromatic carbocycles. The van der Waals surface area contributed by atoms with Gasteiger partial charge in [0.2, 0.25) is 11.8 Å². The van der Waals surface area contributed by atoms with Crippen LogP contribution in [0.2, 0.25) is 0 Å². The van der Waals surface area contributed by atoms with Gasteiger partial charge in [-0.05, 0) is 49.1 Å². The minimum Gasteiger partial charge on any atom is -0.374 e. The number of rotatable bonds is 7. The van der Waals surface area contributed by atoms with Crippen LogP contribution in [0.15, 0.2) is 59.1 Å². The number of para-hydroxylation sites is 1. The number of hydrogen-bond donors (Lipinski definition) is 2. The van der Waals surface area contributed by atoms with Gasteiger partial charge >= 0.3 is 0 Å². The minimum absolute atomic E-state index is 0.0966. The van der Waals surface area contributed by atoms with E-state index in [0.717, 1.165) is 29.9 Å². The van der Waals surface area contributed by atoms with Crippen LogP contribution in [-0.4, -0.2) is 29.6 Å². The van der Waals surface area contributed by atoms with Gasteiger partial charge in [0.15, 0.2) is 5.82 Å². The fourth-order valence-electron chi connectivity index (χ4n) is 3.78. The van der Waals surface area contributed by atoms with Gasteiger partial charge in [-0.15, -0.1) is 0 Å². The average molecular weight is 418 g/mol. The molecule has 4 rings (SSSR count). The average Bonchev–Trinajstić information content (AvgIpc) is 3.39. The number of hydrogen-bond acceptors (Lipinski definition) is 5. The molecule has 2 amide bonds. The maximum Gasteiger partial charge on any atom is 0.248 e. The summed E-state index contributed by atoms with van der Waals surface area (Å²) in [6.07, 6.45) is 1.86. The predicted molar refractivity (Wildman–Crippen MR) is 120 cm³/mol. The quantitative estimate of drug-likeness (QED) is 0.607.